The lowest BCUT2D eigenvalue weighted by Gasteiger charge is -2.41. The number of ether oxygens (including phenoxy) is 1. The molecule has 0 amide bonds. The molecule has 0 bridgehead atoms. The van der Waals surface area contributed by atoms with Crippen molar-refractivity contribution in [2.24, 2.45) is 5.41 Å². The van der Waals surface area contributed by atoms with Crippen LogP contribution in [0.25, 0.3) is 11.1 Å². The molecule has 0 aliphatic carbocycles. The molecule has 3 heterocycles. The lowest BCUT2D eigenvalue weighted by molar-refractivity contribution is -0.160. The van der Waals surface area contributed by atoms with Gasteiger partial charge in [0.25, 0.3) is 0 Å². The number of carbonyl (C=O) groups is 1. The van der Waals surface area contributed by atoms with Crippen molar-refractivity contribution in [3.05, 3.63) is 76.6 Å². The van der Waals surface area contributed by atoms with E-state index in [4.69, 9.17) is 14.7 Å². The number of benzene rings is 1. The van der Waals surface area contributed by atoms with Gasteiger partial charge in [0, 0.05) is 53.1 Å². The first-order valence-electron chi connectivity index (χ1n) is 14.6. The van der Waals surface area contributed by atoms with Crippen LogP contribution in [0.2, 0.25) is 0 Å². The van der Waals surface area contributed by atoms with E-state index >= 15 is 0 Å². The van der Waals surface area contributed by atoms with Gasteiger partial charge in [0.05, 0.1) is 11.3 Å². The van der Waals surface area contributed by atoms with Crippen LogP contribution in [0, 0.1) is 25.1 Å². The third kappa shape index (κ3) is 7.70. The fourth-order valence-electron chi connectivity index (χ4n) is 5.54. The molecule has 1 N–H and O–H groups in total. The SMILES string of the molecule is Cc1nc(CCCc2ccc(F)cc2)ccc1-c1cnc(C)c([C@H](OC(C)(C)C)C(=O)O)c1N1CCC(C)(C)CC1. The van der Waals surface area contributed by atoms with Crippen molar-refractivity contribution in [2.45, 2.75) is 92.3 Å². The van der Waals surface area contributed by atoms with E-state index in [9.17, 15) is 14.3 Å². The van der Waals surface area contributed by atoms with E-state index in [-0.39, 0.29) is 11.2 Å². The topological polar surface area (TPSA) is 75.5 Å². The van der Waals surface area contributed by atoms with E-state index < -0.39 is 17.7 Å². The first kappa shape index (κ1) is 30.6. The molecular weight excluding hydrogens is 517 g/mol. The molecule has 220 valence electrons. The van der Waals surface area contributed by atoms with Crippen LogP contribution >= 0.6 is 0 Å². The lowest BCUT2D eigenvalue weighted by atomic mass is 9.82. The summed E-state index contributed by atoms with van der Waals surface area (Å²) in [7, 11) is 0. The predicted octanol–water partition coefficient (Wildman–Crippen LogP) is 7.64. The number of pyridine rings is 2. The second-order valence-electron chi connectivity index (χ2n) is 13.0. The summed E-state index contributed by atoms with van der Waals surface area (Å²) in [5.41, 5.74) is 6.56. The van der Waals surface area contributed by atoms with Gasteiger partial charge in [-0.05, 0) is 95.9 Å². The molecule has 0 radical (unpaired) electrons. The van der Waals surface area contributed by atoms with Crippen LogP contribution < -0.4 is 4.90 Å². The number of anilines is 1. The van der Waals surface area contributed by atoms with Crippen molar-refractivity contribution < 1.29 is 19.0 Å². The molecule has 1 fully saturated rings. The second-order valence-corrected chi connectivity index (χ2v) is 13.0. The molecule has 1 saturated heterocycles. The zero-order valence-electron chi connectivity index (χ0n) is 25.6. The summed E-state index contributed by atoms with van der Waals surface area (Å²) >= 11 is 0. The van der Waals surface area contributed by atoms with Crippen LogP contribution in [-0.2, 0) is 22.4 Å². The number of aromatic nitrogens is 2. The van der Waals surface area contributed by atoms with Crippen molar-refractivity contribution in [2.75, 3.05) is 18.0 Å². The minimum atomic E-state index is -1.15. The fraction of sp³-hybridized carbons (Fsp3) is 0.500. The normalized spacial score (nSPS) is 16.0. The molecule has 7 heteroatoms. The average Bonchev–Trinajstić information content (AvgIpc) is 2.88. The number of halogens is 1. The van der Waals surface area contributed by atoms with E-state index in [1.165, 1.54) is 12.1 Å². The Morgan fingerprint density at radius 2 is 1.68 bits per heavy atom. The Labute approximate surface area is 244 Å². The number of piperidine rings is 1. The molecule has 1 aromatic carbocycles. The van der Waals surface area contributed by atoms with Crippen LogP contribution in [0.4, 0.5) is 10.1 Å². The monoisotopic (exact) mass is 561 g/mol. The molecule has 0 saturated carbocycles. The predicted molar refractivity (Wildman–Crippen MR) is 162 cm³/mol. The van der Waals surface area contributed by atoms with Gasteiger partial charge >= 0.3 is 5.97 Å². The van der Waals surface area contributed by atoms with E-state index in [2.05, 4.69) is 30.9 Å². The number of aryl methyl sites for hydroxylation is 4. The summed E-state index contributed by atoms with van der Waals surface area (Å²) in [6.45, 7) is 15.7. The van der Waals surface area contributed by atoms with E-state index in [1.807, 2.05) is 52.9 Å². The average molecular weight is 562 g/mol. The van der Waals surface area contributed by atoms with Gasteiger partial charge in [-0.25, -0.2) is 9.18 Å². The van der Waals surface area contributed by atoms with E-state index in [0.717, 1.165) is 79.0 Å². The smallest absolute Gasteiger partial charge is 0.337 e. The highest BCUT2D eigenvalue weighted by atomic mass is 19.1. The molecule has 0 unspecified atom stereocenters. The summed E-state index contributed by atoms with van der Waals surface area (Å²) in [5.74, 6) is -1.24. The molecule has 1 atom stereocenters. The maximum atomic E-state index is 13.2. The van der Waals surface area contributed by atoms with Gasteiger partial charge in [0.15, 0.2) is 6.10 Å². The third-order valence-electron chi connectivity index (χ3n) is 7.92. The highest BCUT2D eigenvalue weighted by Gasteiger charge is 2.36. The van der Waals surface area contributed by atoms with Gasteiger partial charge in [-0.1, -0.05) is 32.0 Å². The fourth-order valence-corrected chi connectivity index (χ4v) is 5.54. The Balaban J connectivity index is 1.71. The Bertz CT molecular complexity index is 1370. The standard InChI is InChI=1S/C34H44FN3O3/c1-22-27(16-15-26(37-22)10-8-9-24-11-13-25(35)14-12-24)28-21-36-23(2)29(31(32(39)40)41-33(3,4)5)30(28)38-19-17-34(6,7)18-20-38/h11-16,21,31H,8-10,17-20H2,1-7H3,(H,39,40)/t31-/m0/s1. The minimum Gasteiger partial charge on any atom is -0.479 e. The molecule has 2 aromatic heterocycles. The quantitative estimate of drug-likeness (QED) is 0.289. The summed E-state index contributed by atoms with van der Waals surface area (Å²) < 4.78 is 19.4. The highest BCUT2D eigenvalue weighted by Crippen LogP contribution is 2.44. The Morgan fingerprint density at radius 1 is 1.02 bits per heavy atom. The number of aliphatic carboxylic acids is 1. The Kier molecular flexibility index (Phi) is 9.17. The lowest BCUT2D eigenvalue weighted by Crippen LogP contribution is -2.39. The Hall–Kier alpha value is -3.32. The number of carboxylic acid groups (broad SMARTS) is 1. The summed E-state index contributed by atoms with van der Waals surface area (Å²) in [6, 6.07) is 10.8. The van der Waals surface area contributed by atoms with Gasteiger partial charge in [-0.2, -0.15) is 0 Å². The Morgan fingerprint density at radius 3 is 2.27 bits per heavy atom. The maximum absolute atomic E-state index is 13.2. The van der Waals surface area contributed by atoms with E-state index in [1.54, 1.807) is 0 Å². The number of hydrogen-bond donors (Lipinski definition) is 1. The molecule has 1 aliphatic heterocycles. The highest BCUT2D eigenvalue weighted by molar-refractivity contribution is 5.87. The zero-order valence-corrected chi connectivity index (χ0v) is 25.6. The van der Waals surface area contributed by atoms with Gasteiger partial charge in [-0.3, -0.25) is 9.97 Å². The number of nitrogens with zero attached hydrogens (tertiary/aromatic N) is 3. The molecule has 41 heavy (non-hydrogen) atoms. The van der Waals surface area contributed by atoms with Crippen LogP contribution in [-0.4, -0.2) is 39.7 Å². The number of carboxylic acids is 1. The molecule has 0 spiro atoms. The van der Waals surface area contributed by atoms with Gasteiger partial charge in [0.2, 0.25) is 0 Å². The van der Waals surface area contributed by atoms with Crippen molar-refractivity contribution >= 4 is 11.7 Å². The van der Waals surface area contributed by atoms with Crippen molar-refractivity contribution in [1.29, 1.82) is 0 Å². The summed E-state index contributed by atoms with van der Waals surface area (Å²) in [6.07, 6.45) is 5.31. The van der Waals surface area contributed by atoms with Gasteiger partial charge < -0.3 is 14.7 Å². The summed E-state index contributed by atoms with van der Waals surface area (Å²) in [4.78, 5) is 24.6. The second kappa shape index (κ2) is 12.3. The zero-order chi connectivity index (χ0) is 29.9. The van der Waals surface area contributed by atoms with E-state index in [0.29, 0.717) is 11.3 Å². The van der Waals surface area contributed by atoms with Gasteiger partial charge in [-0.15, -0.1) is 0 Å². The van der Waals surface area contributed by atoms with Crippen LogP contribution in [0.1, 0.15) is 88.2 Å². The summed E-state index contributed by atoms with van der Waals surface area (Å²) in [5, 5.41) is 10.3. The van der Waals surface area contributed by atoms with Crippen molar-refractivity contribution in [3.63, 3.8) is 0 Å². The van der Waals surface area contributed by atoms with Crippen LogP contribution in [0.15, 0.2) is 42.6 Å². The van der Waals surface area contributed by atoms with Crippen molar-refractivity contribution in [3.8, 4) is 11.1 Å². The van der Waals surface area contributed by atoms with Crippen LogP contribution in [0.5, 0.6) is 0 Å². The molecular formula is C34H44FN3O3. The largest absolute Gasteiger partial charge is 0.479 e. The van der Waals surface area contributed by atoms with Crippen molar-refractivity contribution in [1.82, 2.24) is 9.97 Å². The van der Waals surface area contributed by atoms with Crippen LogP contribution in [0.3, 0.4) is 0 Å². The number of rotatable bonds is 9. The molecule has 4 rings (SSSR count). The molecule has 1 aliphatic rings. The maximum Gasteiger partial charge on any atom is 0.337 e. The van der Waals surface area contributed by atoms with Gasteiger partial charge in [0.1, 0.15) is 5.82 Å². The minimum absolute atomic E-state index is 0.220. The molecule has 6 nitrogen and oxygen atoms in total. The molecule has 3 aromatic rings. The first-order valence-corrected chi connectivity index (χ1v) is 14.6. The number of hydrogen-bond acceptors (Lipinski definition) is 5. The first-order chi connectivity index (χ1) is 19.2. The third-order valence-corrected chi connectivity index (χ3v) is 7.92.